The second-order valence-corrected chi connectivity index (χ2v) is 4.51. The average Bonchev–Trinajstić information content (AvgIpc) is 2.23. The molecule has 0 saturated carbocycles. The number of rotatable bonds is 2. The maximum Gasteiger partial charge on any atom is 0.138 e. The van der Waals surface area contributed by atoms with Crippen molar-refractivity contribution >= 4 is 22.6 Å². The molecule has 4 heteroatoms. The summed E-state index contributed by atoms with van der Waals surface area (Å²) >= 11 is 2.19. The number of nitrogens with zero attached hydrogens (tertiary/aromatic N) is 1. The van der Waals surface area contributed by atoms with E-state index in [1.807, 2.05) is 12.1 Å². The minimum atomic E-state index is 0.311. The van der Waals surface area contributed by atoms with Crippen LogP contribution in [0.3, 0.4) is 0 Å². The van der Waals surface area contributed by atoms with Gasteiger partial charge in [0, 0.05) is 6.54 Å². The number of aromatic nitrogens is 1. The van der Waals surface area contributed by atoms with E-state index in [0.717, 1.165) is 29.0 Å². The summed E-state index contributed by atoms with van der Waals surface area (Å²) in [5.41, 5.74) is 0. The van der Waals surface area contributed by atoms with Crippen molar-refractivity contribution in [2.45, 2.75) is 18.9 Å². The van der Waals surface area contributed by atoms with Crippen LogP contribution >= 0.6 is 22.6 Å². The number of piperidine rings is 1. The lowest BCUT2D eigenvalue weighted by molar-refractivity contribution is 0.166. The van der Waals surface area contributed by atoms with E-state index in [-0.39, 0.29) is 0 Å². The van der Waals surface area contributed by atoms with Gasteiger partial charge in [-0.3, -0.25) is 0 Å². The molecule has 76 valence electrons. The van der Waals surface area contributed by atoms with E-state index >= 15 is 0 Å². The number of hydrogen-bond acceptors (Lipinski definition) is 3. The Bertz CT molecular complexity index is 283. The first-order valence-corrected chi connectivity index (χ1v) is 5.91. The molecule has 3 nitrogen and oxygen atoms in total. The SMILES string of the molecule is Ic1ccc(OC2CCCNC2)cn1. The van der Waals surface area contributed by atoms with Crippen molar-refractivity contribution < 1.29 is 4.74 Å². The molecule has 2 heterocycles. The Morgan fingerprint density at radius 1 is 1.50 bits per heavy atom. The van der Waals surface area contributed by atoms with Crippen LogP contribution in [-0.4, -0.2) is 24.2 Å². The summed E-state index contributed by atoms with van der Waals surface area (Å²) in [6, 6.07) is 3.94. The van der Waals surface area contributed by atoms with Crippen molar-refractivity contribution in [1.29, 1.82) is 0 Å². The predicted octanol–water partition coefficient (Wildman–Crippen LogP) is 1.82. The number of ether oxygens (including phenoxy) is 1. The summed E-state index contributed by atoms with van der Waals surface area (Å²) in [5, 5.41) is 3.32. The summed E-state index contributed by atoms with van der Waals surface area (Å²) in [6.07, 6.45) is 4.43. The molecule has 0 aliphatic carbocycles. The van der Waals surface area contributed by atoms with Crippen LogP contribution in [0.25, 0.3) is 0 Å². The van der Waals surface area contributed by atoms with Gasteiger partial charge >= 0.3 is 0 Å². The van der Waals surface area contributed by atoms with Gasteiger partial charge < -0.3 is 10.1 Å². The summed E-state index contributed by atoms with van der Waals surface area (Å²) < 4.78 is 6.78. The summed E-state index contributed by atoms with van der Waals surface area (Å²) in [6.45, 7) is 2.07. The lowest BCUT2D eigenvalue weighted by atomic mass is 10.1. The highest BCUT2D eigenvalue weighted by molar-refractivity contribution is 14.1. The van der Waals surface area contributed by atoms with Crippen molar-refractivity contribution in [3.63, 3.8) is 0 Å². The van der Waals surface area contributed by atoms with Crippen LogP contribution in [0.2, 0.25) is 0 Å². The monoisotopic (exact) mass is 304 g/mol. The van der Waals surface area contributed by atoms with Crippen molar-refractivity contribution in [3.05, 3.63) is 22.0 Å². The molecule has 0 bridgehead atoms. The van der Waals surface area contributed by atoms with Gasteiger partial charge in [-0.2, -0.15) is 0 Å². The second-order valence-electron chi connectivity index (χ2n) is 3.40. The summed E-state index contributed by atoms with van der Waals surface area (Å²) in [4.78, 5) is 4.19. The van der Waals surface area contributed by atoms with E-state index in [1.165, 1.54) is 6.42 Å². The normalized spacial score (nSPS) is 21.9. The standard InChI is InChI=1S/C10H13IN2O/c11-10-4-3-9(7-13-10)14-8-2-1-5-12-6-8/h3-4,7-8,12H,1-2,5-6H2. The fraction of sp³-hybridized carbons (Fsp3) is 0.500. The van der Waals surface area contributed by atoms with E-state index in [2.05, 4.69) is 32.9 Å². The Morgan fingerprint density at radius 3 is 3.07 bits per heavy atom. The van der Waals surface area contributed by atoms with Crippen LogP contribution in [-0.2, 0) is 0 Å². The van der Waals surface area contributed by atoms with Gasteiger partial charge in [-0.25, -0.2) is 4.98 Å². The van der Waals surface area contributed by atoms with Gasteiger partial charge in [-0.15, -0.1) is 0 Å². The molecule has 1 atom stereocenters. The molecule has 0 radical (unpaired) electrons. The minimum Gasteiger partial charge on any atom is -0.487 e. The molecule has 1 aliphatic heterocycles. The predicted molar refractivity (Wildman–Crippen MR) is 63.5 cm³/mol. The molecule has 1 fully saturated rings. The number of halogens is 1. The maximum absolute atomic E-state index is 5.78. The van der Waals surface area contributed by atoms with Gasteiger partial charge in [0.05, 0.1) is 6.20 Å². The van der Waals surface area contributed by atoms with E-state index in [0.29, 0.717) is 6.10 Å². The molecule has 14 heavy (non-hydrogen) atoms. The molecular formula is C10H13IN2O. The third kappa shape index (κ3) is 2.81. The Kier molecular flexibility index (Phi) is 3.58. The first kappa shape index (κ1) is 10.2. The van der Waals surface area contributed by atoms with Gasteiger partial charge in [0.25, 0.3) is 0 Å². The smallest absolute Gasteiger partial charge is 0.138 e. The largest absolute Gasteiger partial charge is 0.487 e. The summed E-state index contributed by atoms with van der Waals surface area (Å²) in [5.74, 6) is 0.874. The van der Waals surface area contributed by atoms with Crippen molar-refractivity contribution in [1.82, 2.24) is 10.3 Å². The highest BCUT2D eigenvalue weighted by atomic mass is 127. The van der Waals surface area contributed by atoms with Crippen LogP contribution in [0.1, 0.15) is 12.8 Å². The zero-order valence-electron chi connectivity index (χ0n) is 7.87. The van der Waals surface area contributed by atoms with Crippen LogP contribution < -0.4 is 10.1 Å². The van der Waals surface area contributed by atoms with Crippen molar-refractivity contribution in [3.8, 4) is 5.75 Å². The molecule has 1 saturated heterocycles. The van der Waals surface area contributed by atoms with Gasteiger partial charge in [0.2, 0.25) is 0 Å². The maximum atomic E-state index is 5.78. The Hall–Kier alpha value is -0.360. The Morgan fingerprint density at radius 2 is 2.43 bits per heavy atom. The molecule has 0 aromatic carbocycles. The topological polar surface area (TPSA) is 34.1 Å². The third-order valence-electron chi connectivity index (χ3n) is 2.25. The average molecular weight is 304 g/mol. The van der Waals surface area contributed by atoms with Crippen LogP contribution in [0.15, 0.2) is 18.3 Å². The molecule has 1 aromatic rings. The Labute approximate surface area is 97.4 Å². The first-order valence-electron chi connectivity index (χ1n) is 4.83. The molecule has 2 rings (SSSR count). The molecular weight excluding hydrogens is 291 g/mol. The second kappa shape index (κ2) is 4.93. The van der Waals surface area contributed by atoms with Gasteiger partial charge in [0.15, 0.2) is 0 Å². The van der Waals surface area contributed by atoms with E-state index in [1.54, 1.807) is 6.20 Å². The molecule has 1 aliphatic rings. The Balaban J connectivity index is 1.92. The van der Waals surface area contributed by atoms with E-state index < -0.39 is 0 Å². The third-order valence-corrected chi connectivity index (χ3v) is 2.89. The molecule has 1 N–H and O–H groups in total. The number of hydrogen-bond donors (Lipinski definition) is 1. The molecule has 0 spiro atoms. The zero-order chi connectivity index (χ0) is 9.80. The number of pyridine rings is 1. The van der Waals surface area contributed by atoms with Gasteiger partial charge in [-0.05, 0) is 54.1 Å². The van der Waals surface area contributed by atoms with Crippen LogP contribution in [0.4, 0.5) is 0 Å². The van der Waals surface area contributed by atoms with Gasteiger partial charge in [-0.1, -0.05) is 0 Å². The molecule has 1 aromatic heterocycles. The van der Waals surface area contributed by atoms with Crippen LogP contribution in [0.5, 0.6) is 5.75 Å². The molecule has 0 amide bonds. The quantitative estimate of drug-likeness (QED) is 0.668. The van der Waals surface area contributed by atoms with Crippen molar-refractivity contribution in [2.24, 2.45) is 0 Å². The number of nitrogens with one attached hydrogen (secondary N) is 1. The van der Waals surface area contributed by atoms with Crippen LogP contribution in [0, 0.1) is 3.70 Å². The highest BCUT2D eigenvalue weighted by Gasteiger charge is 2.13. The lowest BCUT2D eigenvalue weighted by Crippen LogP contribution is -2.37. The fourth-order valence-corrected chi connectivity index (χ4v) is 1.86. The van der Waals surface area contributed by atoms with Gasteiger partial charge in [0.1, 0.15) is 15.6 Å². The highest BCUT2D eigenvalue weighted by Crippen LogP contribution is 2.15. The van der Waals surface area contributed by atoms with E-state index in [4.69, 9.17) is 4.74 Å². The zero-order valence-corrected chi connectivity index (χ0v) is 10.0. The fourth-order valence-electron chi connectivity index (χ4n) is 1.54. The van der Waals surface area contributed by atoms with E-state index in [9.17, 15) is 0 Å². The van der Waals surface area contributed by atoms with Crippen molar-refractivity contribution in [2.75, 3.05) is 13.1 Å². The summed E-state index contributed by atoms with van der Waals surface area (Å²) in [7, 11) is 0. The first-order chi connectivity index (χ1) is 6.84. The molecule has 1 unspecified atom stereocenters. The minimum absolute atomic E-state index is 0.311. The lowest BCUT2D eigenvalue weighted by Gasteiger charge is -2.23.